The van der Waals surface area contributed by atoms with Crippen molar-refractivity contribution in [3.8, 4) is 0 Å². The number of hydrogen-bond donors (Lipinski definition) is 1. The molecule has 16 heavy (non-hydrogen) atoms. The first-order valence-electron chi connectivity index (χ1n) is 5.42. The molecule has 4 nitrogen and oxygen atoms in total. The molecule has 0 amide bonds. The van der Waals surface area contributed by atoms with Crippen molar-refractivity contribution in [1.29, 1.82) is 0 Å². The highest BCUT2D eigenvalue weighted by molar-refractivity contribution is 7.89. The molecule has 0 aromatic carbocycles. The molecule has 0 fully saturated rings. The van der Waals surface area contributed by atoms with E-state index in [0.29, 0.717) is 19.6 Å². The van der Waals surface area contributed by atoms with Crippen molar-refractivity contribution in [1.82, 2.24) is 9.62 Å². The molecule has 0 aliphatic rings. The standard InChI is InChI=1S/C11H22N2O2S/c1-5-8-13(9-6-2)16(14,15)11(4)10-12-7-3/h5-6,11-12H,1-2,7-10H2,3-4H3. The molecule has 0 aromatic rings. The van der Waals surface area contributed by atoms with Gasteiger partial charge in [-0.3, -0.25) is 0 Å². The molecule has 0 aliphatic carbocycles. The van der Waals surface area contributed by atoms with Crippen LogP contribution < -0.4 is 5.32 Å². The minimum absolute atomic E-state index is 0.324. The van der Waals surface area contributed by atoms with E-state index in [1.165, 1.54) is 4.31 Å². The van der Waals surface area contributed by atoms with Crippen molar-refractivity contribution < 1.29 is 8.42 Å². The number of nitrogens with one attached hydrogen (secondary N) is 1. The van der Waals surface area contributed by atoms with Gasteiger partial charge < -0.3 is 5.32 Å². The van der Waals surface area contributed by atoms with E-state index in [9.17, 15) is 8.42 Å². The van der Waals surface area contributed by atoms with Crippen LogP contribution in [0.2, 0.25) is 0 Å². The zero-order valence-electron chi connectivity index (χ0n) is 10.1. The third-order valence-corrected chi connectivity index (χ3v) is 4.42. The molecule has 94 valence electrons. The highest BCUT2D eigenvalue weighted by Gasteiger charge is 2.26. The van der Waals surface area contributed by atoms with E-state index < -0.39 is 15.3 Å². The first-order valence-corrected chi connectivity index (χ1v) is 6.92. The topological polar surface area (TPSA) is 49.4 Å². The van der Waals surface area contributed by atoms with Crippen LogP contribution >= 0.6 is 0 Å². The van der Waals surface area contributed by atoms with Crippen molar-refractivity contribution in [3.63, 3.8) is 0 Å². The Hall–Kier alpha value is -0.650. The highest BCUT2D eigenvalue weighted by Crippen LogP contribution is 2.08. The average molecular weight is 246 g/mol. The molecule has 0 heterocycles. The van der Waals surface area contributed by atoms with Crippen molar-refractivity contribution in [2.24, 2.45) is 0 Å². The number of hydrogen-bond acceptors (Lipinski definition) is 3. The maximum Gasteiger partial charge on any atom is 0.218 e. The molecule has 0 radical (unpaired) electrons. The normalized spacial score (nSPS) is 13.7. The molecule has 5 heteroatoms. The van der Waals surface area contributed by atoms with Gasteiger partial charge in [0.25, 0.3) is 0 Å². The summed E-state index contributed by atoms with van der Waals surface area (Å²) in [6.07, 6.45) is 3.17. The van der Waals surface area contributed by atoms with Gasteiger partial charge in [0.05, 0.1) is 5.25 Å². The molecule has 0 saturated carbocycles. The fourth-order valence-electron chi connectivity index (χ4n) is 1.28. The van der Waals surface area contributed by atoms with Crippen LogP contribution in [0, 0.1) is 0 Å². The fourth-order valence-corrected chi connectivity index (χ4v) is 2.74. The Balaban J connectivity index is 4.68. The van der Waals surface area contributed by atoms with Crippen LogP contribution in [0.1, 0.15) is 13.8 Å². The zero-order chi connectivity index (χ0) is 12.6. The van der Waals surface area contributed by atoms with E-state index in [2.05, 4.69) is 18.5 Å². The van der Waals surface area contributed by atoms with Crippen LogP contribution in [-0.4, -0.2) is 44.2 Å². The molecule has 0 bridgehead atoms. The Kier molecular flexibility index (Phi) is 7.29. The molecule has 1 unspecified atom stereocenters. The largest absolute Gasteiger partial charge is 0.316 e. The molecule has 1 atom stereocenters. The van der Waals surface area contributed by atoms with Crippen molar-refractivity contribution in [2.75, 3.05) is 26.2 Å². The van der Waals surface area contributed by atoms with Gasteiger partial charge in [0, 0.05) is 19.6 Å². The maximum absolute atomic E-state index is 12.1. The number of rotatable bonds is 9. The number of sulfonamides is 1. The molecule has 0 saturated heterocycles. The SMILES string of the molecule is C=CCN(CC=C)S(=O)(=O)C(C)CNCC. The van der Waals surface area contributed by atoms with Gasteiger partial charge in [-0.05, 0) is 13.5 Å². The second-order valence-corrected chi connectivity index (χ2v) is 5.91. The van der Waals surface area contributed by atoms with Crippen LogP contribution in [0.4, 0.5) is 0 Å². The zero-order valence-corrected chi connectivity index (χ0v) is 11.0. The monoisotopic (exact) mass is 246 g/mol. The summed E-state index contributed by atoms with van der Waals surface area (Å²) >= 11 is 0. The third kappa shape index (κ3) is 4.47. The fraction of sp³-hybridized carbons (Fsp3) is 0.636. The smallest absolute Gasteiger partial charge is 0.218 e. The van der Waals surface area contributed by atoms with Gasteiger partial charge in [0.2, 0.25) is 10.0 Å². The van der Waals surface area contributed by atoms with Gasteiger partial charge in [-0.1, -0.05) is 19.1 Å². The summed E-state index contributed by atoms with van der Waals surface area (Å²) in [4.78, 5) is 0. The summed E-state index contributed by atoms with van der Waals surface area (Å²) in [6, 6.07) is 0. The predicted octanol–water partition coefficient (Wildman–Crippen LogP) is 0.988. The van der Waals surface area contributed by atoms with E-state index in [4.69, 9.17) is 0 Å². The summed E-state index contributed by atoms with van der Waals surface area (Å²) in [5, 5.41) is 2.60. The van der Waals surface area contributed by atoms with Crippen LogP contribution in [0.3, 0.4) is 0 Å². The average Bonchev–Trinajstić information content (AvgIpc) is 2.25. The van der Waals surface area contributed by atoms with Gasteiger partial charge in [-0.2, -0.15) is 4.31 Å². The predicted molar refractivity (Wildman–Crippen MR) is 68.9 cm³/mol. The molecular formula is C11H22N2O2S. The van der Waals surface area contributed by atoms with E-state index >= 15 is 0 Å². The van der Waals surface area contributed by atoms with E-state index in [1.807, 2.05) is 6.92 Å². The van der Waals surface area contributed by atoms with Gasteiger partial charge in [0.1, 0.15) is 0 Å². The second kappa shape index (κ2) is 7.60. The lowest BCUT2D eigenvalue weighted by Crippen LogP contribution is -2.42. The van der Waals surface area contributed by atoms with Crippen molar-refractivity contribution >= 4 is 10.0 Å². The second-order valence-electron chi connectivity index (χ2n) is 3.56. The van der Waals surface area contributed by atoms with Gasteiger partial charge in [-0.25, -0.2) is 8.42 Å². The van der Waals surface area contributed by atoms with Gasteiger partial charge in [0.15, 0.2) is 0 Å². The Labute approximate surface area is 99.1 Å². The molecule has 0 rings (SSSR count). The molecule has 0 spiro atoms. The Morgan fingerprint density at radius 1 is 1.31 bits per heavy atom. The van der Waals surface area contributed by atoms with Gasteiger partial charge >= 0.3 is 0 Å². The number of nitrogens with zero attached hydrogens (tertiary/aromatic N) is 1. The Morgan fingerprint density at radius 3 is 2.19 bits per heavy atom. The Morgan fingerprint density at radius 2 is 1.81 bits per heavy atom. The third-order valence-electron chi connectivity index (χ3n) is 2.22. The molecular weight excluding hydrogens is 224 g/mol. The minimum atomic E-state index is -3.27. The van der Waals surface area contributed by atoms with E-state index in [-0.39, 0.29) is 0 Å². The maximum atomic E-state index is 12.1. The van der Waals surface area contributed by atoms with E-state index in [1.54, 1.807) is 19.1 Å². The lowest BCUT2D eigenvalue weighted by Gasteiger charge is -2.23. The lowest BCUT2D eigenvalue weighted by atomic mass is 10.5. The van der Waals surface area contributed by atoms with Crippen molar-refractivity contribution in [2.45, 2.75) is 19.1 Å². The van der Waals surface area contributed by atoms with Crippen LogP contribution in [0.15, 0.2) is 25.3 Å². The van der Waals surface area contributed by atoms with Gasteiger partial charge in [-0.15, -0.1) is 13.2 Å². The summed E-state index contributed by atoms with van der Waals surface area (Å²) in [7, 11) is -3.27. The van der Waals surface area contributed by atoms with E-state index in [0.717, 1.165) is 6.54 Å². The lowest BCUT2D eigenvalue weighted by molar-refractivity contribution is 0.461. The molecule has 0 aliphatic heterocycles. The highest BCUT2D eigenvalue weighted by atomic mass is 32.2. The molecule has 1 N–H and O–H groups in total. The summed E-state index contributed by atoms with van der Waals surface area (Å²) in [5.74, 6) is 0. The quantitative estimate of drug-likeness (QED) is 0.617. The molecule has 0 aromatic heterocycles. The van der Waals surface area contributed by atoms with Crippen LogP contribution in [0.25, 0.3) is 0 Å². The van der Waals surface area contributed by atoms with Crippen LogP contribution in [0.5, 0.6) is 0 Å². The summed E-state index contributed by atoms with van der Waals surface area (Å²) in [5.41, 5.74) is 0. The summed E-state index contributed by atoms with van der Waals surface area (Å²) < 4.78 is 25.6. The Bertz CT molecular complexity index is 302. The summed E-state index contributed by atoms with van der Waals surface area (Å²) in [6.45, 7) is 12.7. The first-order chi connectivity index (χ1) is 7.50. The minimum Gasteiger partial charge on any atom is -0.316 e. The van der Waals surface area contributed by atoms with Crippen molar-refractivity contribution in [3.05, 3.63) is 25.3 Å². The first kappa shape index (κ1) is 15.3. The van der Waals surface area contributed by atoms with Crippen LogP contribution in [-0.2, 0) is 10.0 Å².